The molecule has 0 saturated carbocycles. The molecule has 2 aliphatic heterocycles. The number of nitrogens with zero attached hydrogens (tertiary/aromatic N) is 2. The highest BCUT2D eigenvalue weighted by molar-refractivity contribution is 5.79. The van der Waals surface area contributed by atoms with Crippen LogP contribution in [-0.4, -0.2) is 76.6 Å². The Hall–Kier alpha value is -1.63. The zero-order chi connectivity index (χ0) is 21.2. The molecule has 2 unspecified atom stereocenters. The van der Waals surface area contributed by atoms with Gasteiger partial charge in [-0.15, -0.1) is 0 Å². The molecule has 1 aromatic carbocycles. The van der Waals surface area contributed by atoms with E-state index in [2.05, 4.69) is 58.6 Å². The zero-order valence-corrected chi connectivity index (χ0v) is 19.0. The lowest BCUT2D eigenvalue weighted by molar-refractivity contribution is 0.00247. The second-order valence-electron chi connectivity index (χ2n) is 8.72. The average molecular weight is 417 g/mol. The van der Waals surface area contributed by atoms with Gasteiger partial charge in [0.2, 0.25) is 0 Å². The Morgan fingerprint density at radius 1 is 1.10 bits per heavy atom. The third-order valence-electron chi connectivity index (χ3n) is 6.31. The first kappa shape index (κ1) is 23.0. The van der Waals surface area contributed by atoms with Crippen molar-refractivity contribution in [2.75, 3.05) is 59.7 Å². The van der Waals surface area contributed by atoms with E-state index in [9.17, 15) is 0 Å². The fraction of sp³-hybridized carbons (Fsp3) is 0.708. The topological polar surface area (TPSA) is 58.1 Å². The summed E-state index contributed by atoms with van der Waals surface area (Å²) >= 11 is 0. The number of morpholine rings is 1. The molecule has 6 nitrogen and oxygen atoms in total. The van der Waals surface area contributed by atoms with E-state index in [-0.39, 0.29) is 0 Å². The van der Waals surface area contributed by atoms with Gasteiger partial charge in [-0.25, -0.2) is 0 Å². The standard InChI is InChI=1S/C24H40N4O2/c1-19(2)21-8-6-20(7-9-21)5-4-11-26-24(25-3)27-17-23(22-10-14-30-18-22)28-12-15-29-16-13-28/h6-9,19,22-23H,4-5,10-18H2,1-3H3,(H2,25,26,27). The van der Waals surface area contributed by atoms with Gasteiger partial charge in [-0.05, 0) is 36.3 Å². The lowest BCUT2D eigenvalue weighted by Crippen LogP contribution is -2.53. The number of nitrogens with one attached hydrogen (secondary N) is 2. The number of rotatable bonds is 9. The number of hydrogen-bond acceptors (Lipinski definition) is 4. The van der Waals surface area contributed by atoms with E-state index in [4.69, 9.17) is 9.47 Å². The molecule has 2 fully saturated rings. The van der Waals surface area contributed by atoms with Crippen molar-refractivity contribution in [1.82, 2.24) is 15.5 Å². The predicted octanol–water partition coefficient (Wildman–Crippen LogP) is 2.64. The van der Waals surface area contributed by atoms with Crippen LogP contribution >= 0.6 is 0 Å². The van der Waals surface area contributed by atoms with Gasteiger partial charge in [-0.1, -0.05) is 38.1 Å². The van der Waals surface area contributed by atoms with Crippen LogP contribution in [0.25, 0.3) is 0 Å². The summed E-state index contributed by atoms with van der Waals surface area (Å²) in [5, 5.41) is 7.05. The minimum atomic E-state index is 0.467. The summed E-state index contributed by atoms with van der Waals surface area (Å²) in [7, 11) is 1.85. The highest BCUT2D eigenvalue weighted by atomic mass is 16.5. The maximum absolute atomic E-state index is 5.67. The molecule has 1 aromatic rings. The Kier molecular flexibility index (Phi) is 9.43. The van der Waals surface area contributed by atoms with Crippen LogP contribution in [-0.2, 0) is 15.9 Å². The van der Waals surface area contributed by atoms with Crippen LogP contribution < -0.4 is 10.6 Å². The van der Waals surface area contributed by atoms with Gasteiger partial charge in [0.15, 0.2) is 5.96 Å². The SMILES string of the molecule is CN=C(NCCCc1ccc(C(C)C)cc1)NCC(C1CCOC1)N1CCOCC1. The van der Waals surface area contributed by atoms with Crippen LogP contribution in [0.4, 0.5) is 0 Å². The molecule has 3 rings (SSSR count). The molecule has 2 atom stereocenters. The molecular formula is C24H40N4O2. The summed E-state index contributed by atoms with van der Waals surface area (Å²) in [6.07, 6.45) is 3.31. The van der Waals surface area contributed by atoms with Crippen molar-refractivity contribution in [2.24, 2.45) is 10.9 Å². The van der Waals surface area contributed by atoms with E-state index >= 15 is 0 Å². The van der Waals surface area contributed by atoms with Gasteiger partial charge in [-0.2, -0.15) is 0 Å². The second kappa shape index (κ2) is 12.3. The quantitative estimate of drug-likeness (QED) is 0.368. The summed E-state index contributed by atoms with van der Waals surface area (Å²) in [5.74, 6) is 2.07. The van der Waals surface area contributed by atoms with Crippen LogP contribution in [0.1, 0.15) is 43.7 Å². The molecule has 2 heterocycles. The van der Waals surface area contributed by atoms with E-state index in [1.165, 1.54) is 11.1 Å². The van der Waals surface area contributed by atoms with Crippen molar-refractivity contribution < 1.29 is 9.47 Å². The molecule has 30 heavy (non-hydrogen) atoms. The van der Waals surface area contributed by atoms with Crippen LogP contribution in [0.15, 0.2) is 29.3 Å². The van der Waals surface area contributed by atoms with Crippen LogP contribution in [0, 0.1) is 5.92 Å². The Balaban J connectivity index is 1.41. The fourth-order valence-electron chi connectivity index (χ4n) is 4.35. The van der Waals surface area contributed by atoms with E-state index in [0.717, 1.165) is 77.8 Å². The van der Waals surface area contributed by atoms with Gasteiger partial charge < -0.3 is 20.1 Å². The molecular weight excluding hydrogens is 376 g/mol. The Bertz CT molecular complexity index is 635. The number of aliphatic imine (C=N–C) groups is 1. The summed E-state index contributed by atoms with van der Waals surface area (Å²) in [6, 6.07) is 9.51. The van der Waals surface area contributed by atoms with Gasteiger partial charge in [0.05, 0.1) is 19.8 Å². The average Bonchev–Trinajstić information content (AvgIpc) is 3.31. The molecule has 0 radical (unpaired) electrons. The second-order valence-corrected chi connectivity index (χ2v) is 8.72. The van der Waals surface area contributed by atoms with E-state index in [1.807, 2.05) is 7.05 Å². The number of ether oxygens (including phenoxy) is 2. The molecule has 0 aromatic heterocycles. The fourth-order valence-corrected chi connectivity index (χ4v) is 4.35. The normalized spacial score (nSPS) is 21.7. The Morgan fingerprint density at radius 3 is 2.50 bits per heavy atom. The first-order chi connectivity index (χ1) is 14.7. The first-order valence-electron chi connectivity index (χ1n) is 11.6. The highest BCUT2D eigenvalue weighted by Gasteiger charge is 2.31. The minimum Gasteiger partial charge on any atom is -0.381 e. The first-order valence-corrected chi connectivity index (χ1v) is 11.6. The molecule has 6 heteroatoms. The summed E-state index contributed by atoms with van der Waals surface area (Å²) in [5.41, 5.74) is 2.81. The molecule has 0 spiro atoms. The number of guanidine groups is 1. The molecule has 0 bridgehead atoms. The van der Waals surface area contributed by atoms with E-state index in [0.29, 0.717) is 17.9 Å². The molecule has 0 amide bonds. The van der Waals surface area contributed by atoms with Crippen molar-refractivity contribution in [3.8, 4) is 0 Å². The molecule has 2 aliphatic rings. The largest absolute Gasteiger partial charge is 0.381 e. The van der Waals surface area contributed by atoms with Crippen LogP contribution in [0.5, 0.6) is 0 Å². The van der Waals surface area contributed by atoms with Gasteiger partial charge >= 0.3 is 0 Å². The van der Waals surface area contributed by atoms with Gasteiger partial charge in [0, 0.05) is 51.8 Å². The van der Waals surface area contributed by atoms with Gasteiger partial charge in [-0.3, -0.25) is 9.89 Å². The maximum Gasteiger partial charge on any atom is 0.191 e. The molecule has 0 aliphatic carbocycles. The van der Waals surface area contributed by atoms with Gasteiger partial charge in [0.1, 0.15) is 0 Å². The van der Waals surface area contributed by atoms with Crippen molar-refractivity contribution >= 4 is 5.96 Å². The monoisotopic (exact) mass is 416 g/mol. The summed E-state index contributed by atoms with van der Waals surface area (Å²) < 4.78 is 11.2. The predicted molar refractivity (Wildman–Crippen MR) is 123 cm³/mol. The lowest BCUT2D eigenvalue weighted by Gasteiger charge is -2.37. The summed E-state index contributed by atoms with van der Waals surface area (Å²) in [6.45, 7) is 11.7. The van der Waals surface area contributed by atoms with Crippen molar-refractivity contribution in [3.05, 3.63) is 35.4 Å². The minimum absolute atomic E-state index is 0.467. The third-order valence-corrected chi connectivity index (χ3v) is 6.31. The van der Waals surface area contributed by atoms with Crippen molar-refractivity contribution in [2.45, 2.75) is 45.1 Å². The zero-order valence-electron chi connectivity index (χ0n) is 19.0. The highest BCUT2D eigenvalue weighted by Crippen LogP contribution is 2.22. The van der Waals surface area contributed by atoms with Gasteiger partial charge in [0.25, 0.3) is 0 Å². The number of hydrogen-bond donors (Lipinski definition) is 2. The maximum atomic E-state index is 5.67. The van der Waals surface area contributed by atoms with E-state index in [1.54, 1.807) is 0 Å². The van der Waals surface area contributed by atoms with E-state index < -0.39 is 0 Å². The smallest absolute Gasteiger partial charge is 0.191 e. The third kappa shape index (κ3) is 6.96. The lowest BCUT2D eigenvalue weighted by atomic mass is 9.97. The molecule has 2 N–H and O–H groups in total. The summed E-state index contributed by atoms with van der Waals surface area (Å²) in [4.78, 5) is 6.99. The molecule has 168 valence electrons. The molecule has 2 saturated heterocycles. The Morgan fingerprint density at radius 2 is 1.87 bits per heavy atom. The Labute approximate surface area is 182 Å². The van der Waals surface area contributed by atoms with Crippen LogP contribution in [0.3, 0.4) is 0 Å². The van der Waals surface area contributed by atoms with Crippen LogP contribution in [0.2, 0.25) is 0 Å². The van der Waals surface area contributed by atoms with Crippen molar-refractivity contribution in [1.29, 1.82) is 0 Å². The van der Waals surface area contributed by atoms with Crippen molar-refractivity contribution in [3.63, 3.8) is 0 Å². The number of aryl methyl sites for hydroxylation is 1. The number of benzene rings is 1.